The third kappa shape index (κ3) is 67.2. The predicted octanol–water partition coefficient (Wildman–Crippen LogP) is 2.57. The largest absolute Gasteiger partial charge is 0.566 e. The summed E-state index contributed by atoms with van der Waals surface area (Å²) >= 11 is 0. The van der Waals surface area contributed by atoms with E-state index in [2.05, 4.69) is 48.5 Å². The highest BCUT2D eigenvalue weighted by molar-refractivity contribution is 7.30. The van der Waals surface area contributed by atoms with Gasteiger partial charge >= 0.3 is 16.5 Å². The minimum Gasteiger partial charge on any atom is -0.566 e. The van der Waals surface area contributed by atoms with E-state index in [9.17, 15) is 18.9 Å². The Morgan fingerprint density at radius 3 is 1.05 bits per heavy atom. The van der Waals surface area contributed by atoms with Gasteiger partial charge in [-0.3, -0.25) is 0 Å². The van der Waals surface area contributed by atoms with Crippen LogP contribution in [0.15, 0.2) is 39.5 Å². The molecule has 0 aromatic rings. The van der Waals surface area contributed by atoms with Crippen molar-refractivity contribution in [3.63, 3.8) is 0 Å². The van der Waals surface area contributed by atoms with Gasteiger partial charge in [0.15, 0.2) is 0 Å². The van der Waals surface area contributed by atoms with Crippen LogP contribution in [-0.2, 0) is 18.2 Å². The molecule has 0 aromatic heterocycles. The van der Waals surface area contributed by atoms with Crippen molar-refractivity contribution in [1.82, 2.24) is 12.3 Å². The maximum absolute atomic E-state index is 9.83. The van der Waals surface area contributed by atoms with E-state index in [0.717, 1.165) is 0 Å². The fraction of sp³-hybridized carbons (Fsp3) is 0.400. The Labute approximate surface area is 123 Å². The molecule has 122 valence electrons. The van der Waals surface area contributed by atoms with Crippen molar-refractivity contribution in [2.75, 3.05) is 13.2 Å². The topological polar surface area (TPSA) is 169 Å². The fourth-order valence-electron chi connectivity index (χ4n) is 0.482. The van der Waals surface area contributed by atoms with Crippen molar-refractivity contribution in [1.29, 1.82) is 0 Å². The Morgan fingerprint density at radius 2 is 0.900 bits per heavy atom. The quantitative estimate of drug-likeness (QED) is 0.407. The molecular weight excluding hydrogens is 306 g/mol. The molecule has 0 aliphatic carbocycles. The van der Waals surface area contributed by atoms with Gasteiger partial charge in [0, 0.05) is 0 Å². The zero-order valence-electron chi connectivity index (χ0n) is 11.8. The summed E-state index contributed by atoms with van der Waals surface area (Å²) in [7, 11) is -5.59. The van der Waals surface area contributed by atoms with Gasteiger partial charge in [-0.15, -0.1) is 48.5 Å². The second kappa shape index (κ2) is 42.9. The van der Waals surface area contributed by atoms with Crippen LogP contribution in [0.4, 0.5) is 0 Å². The van der Waals surface area contributed by atoms with Crippen molar-refractivity contribution in [3.8, 4) is 0 Å². The number of rotatable bonds is 7. The summed E-state index contributed by atoms with van der Waals surface area (Å²) in [5, 5.41) is 0. The van der Waals surface area contributed by atoms with Crippen LogP contribution < -0.4 is 22.1 Å². The summed E-state index contributed by atoms with van der Waals surface area (Å²) in [6.07, 6.45) is 0.902. The Kier molecular flexibility index (Phi) is 78.3. The van der Waals surface area contributed by atoms with Crippen LogP contribution in [0.25, 0.3) is 0 Å². The van der Waals surface area contributed by atoms with E-state index < -0.39 is 16.5 Å². The maximum atomic E-state index is 9.83. The molecule has 10 heteroatoms. The fourth-order valence-corrected chi connectivity index (χ4v) is 1.04. The highest BCUT2D eigenvalue weighted by Crippen LogP contribution is 2.12. The first-order chi connectivity index (χ1) is 8.63. The van der Waals surface area contributed by atoms with Crippen LogP contribution in [0.2, 0.25) is 0 Å². The van der Waals surface area contributed by atoms with Gasteiger partial charge < -0.3 is 22.1 Å². The van der Waals surface area contributed by atoms with Crippen molar-refractivity contribution in [3.05, 3.63) is 39.5 Å². The number of hydrogen-bond donors (Lipinski definition) is 2. The molecule has 8 nitrogen and oxygen atoms in total. The van der Waals surface area contributed by atoms with Crippen LogP contribution in [-0.4, -0.2) is 13.2 Å². The molecule has 0 aromatic carbocycles. The van der Waals surface area contributed by atoms with Gasteiger partial charge in [0.2, 0.25) is 0 Å². The molecule has 0 heterocycles. The molecule has 0 aliphatic heterocycles. The lowest BCUT2D eigenvalue weighted by molar-refractivity contribution is -0.187. The van der Waals surface area contributed by atoms with Gasteiger partial charge in [0.05, 0.1) is 0 Å². The molecule has 6 N–H and O–H groups in total. The summed E-state index contributed by atoms with van der Waals surface area (Å²) < 4.78 is 28.0. The average molecular weight is 332 g/mol. The lowest BCUT2D eigenvalue weighted by Crippen LogP contribution is -1.98. The van der Waals surface area contributed by atoms with Crippen molar-refractivity contribution >= 4 is 16.5 Å². The summed E-state index contributed by atoms with van der Waals surface area (Å²) in [5.41, 5.74) is 0. The summed E-state index contributed by atoms with van der Waals surface area (Å²) in [6.45, 7) is 18.1. The third-order valence-corrected chi connectivity index (χ3v) is 1.72. The predicted molar refractivity (Wildman–Crippen MR) is 80.2 cm³/mol. The zero-order chi connectivity index (χ0) is 15.4. The van der Waals surface area contributed by atoms with Crippen molar-refractivity contribution in [2.45, 2.75) is 12.8 Å². The normalized spacial score (nSPS) is 8.30. The highest BCUT2D eigenvalue weighted by Gasteiger charge is 2.02. The summed E-state index contributed by atoms with van der Waals surface area (Å²) in [4.78, 5) is 19.7. The van der Waals surface area contributed by atoms with E-state index in [-0.39, 0.29) is 25.5 Å². The molecule has 0 rings (SSSR count). The Morgan fingerprint density at radius 1 is 0.700 bits per heavy atom. The molecule has 20 heavy (non-hydrogen) atoms. The molecule has 0 saturated carbocycles. The average Bonchev–Trinajstić information content (AvgIpc) is 2.40. The minimum atomic E-state index is -2.79. The molecule has 0 fully saturated rings. The highest BCUT2D eigenvalue weighted by atomic mass is 31.1. The van der Waals surface area contributed by atoms with Crippen LogP contribution in [0.1, 0.15) is 12.8 Å². The van der Waals surface area contributed by atoms with Crippen LogP contribution >= 0.6 is 16.5 Å². The second-order valence-electron chi connectivity index (χ2n) is 1.82. The smallest absolute Gasteiger partial charge is 0.488 e. The summed E-state index contributed by atoms with van der Waals surface area (Å²) in [5.74, 6) is 0. The minimum absolute atomic E-state index is 0. The second-order valence-corrected chi connectivity index (χ2v) is 3.23. The van der Waals surface area contributed by atoms with E-state index in [1.54, 1.807) is 0 Å². The molecule has 2 atom stereocenters. The van der Waals surface area contributed by atoms with Gasteiger partial charge in [-0.25, -0.2) is 0 Å². The Hall–Kier alpha value is -0.820. The van der Waals surface area contributed by atoms with Gasteiger partial charge in [-0.2, -0.15) is 0 Å². The van der Waals surface area contributed by atoms with E-state index >= 15 is 0 Å². The molecule has 0 radical (unpaired) electrons. The summed E-state index contributed by atoms with van der Waals surface area (Å²) in [6, 6.07) is 0. The molecular formula is C10H26N2O6P2. The van der Waals surface area contributed by atoms with E-state index in [1.807, 2.05) is 0 Å². The maximum Gasteiger partial charge on any atom is 0.488 e. The van der Waals surface area contributed by atoms with Gasteiger partial charge in [-0.1, -0.05) is 0 Å². The number of unbranched alkanes of at least 4 members (excludes halogenated alkanes) is 1. The van der Waals surface area contributed by atoms with Crippen LogP contribution in [0, 0.1) is 0 Å². The molecule has 0 bridgehead atoms. The first-order valence-corrected chi connectivity index (χ1v) is 6.86. The van der Waals surface area contributed by atoms with E-state index in [4.69, 9.17) is 0 Å². The zero-order valence-corrected chi connectivity index (χ0v) is 13.6. The lowest BCUT2D eigenvalue weighted by Gasteiger charge is -1.93. The van der Waals surface area contributed by atoms with Gasteiger partial charge in [0.1, 0.15) is 13.2 Å². The van der Waals surface area contributed by atoms with Crippen LogP contribution in [0.3, 0.4) is 0 Å². The van der Waals surface area contributed by atoms with E-state index in [0.29, 0.717) is 12.8 Å². The first kappa shape index (κ1) is 36.5. The molecule has 2 unspecified atom stereocenters. The van der Waals surface area contributed by atoms with Crippen molar-refractivity contribution < 1.29 is 28.0 Å². The van der Waals surface area contributed by atoms with Gasteiger partial charge in [-0.05, 0) is 22.0 Å². The van der Waals surface area contributed by atoms with Crippen molar-refractivity contribution in [2.24, 2.45) is 0 Å². The van der Waals surface area contributed by atoms with Crippen LogP contribution in [0.5, 0.6) is 0 Å². The molecule has 0 aliphatic rings. The van der Waals surface area contributed by atoms with E-state index in [1.165, 1.54) is 0 Å². The number of hydrogen-bond acceptors (Lipinski definition) is 8. The third-order valence-electron chi connectivity index (χ3n) is 0.932. The SMILES string of the molecule is C=C.C=C.C=C.N.N.O=[P+]([O-])OCCCCO[P+](=O)[O-]. The lowest BCUT2D eigenvalue weighted by atomic mass is 10.3. The molecule has 0 spiro atoms. The standard InChI is InChI=1S/C4H8O6P2.3C2H4.2H3N/c5-11(6)9-3-1-2-4-10-12(7)8;3*1-2;;/h1-4H2;3*1-2H2;2*1H3. The first-order valence-electron chi connectivity index (χ1n) is 4.67. The van der Waals surface area contributed by atoms with Gasteiger partial charge in [0.25, 0.3) is 0 Å². The Balaban J connectivity index is -0.0000000540. The molecule has 0 amide bonds. The Bertz CT molecular complexity index is 187. The molecule has 0 saturated heterocycles. The monoisotopic (exact) mass is 332 g/mol.